The number of fused-ring (bicyclic) bond motifs is 2. The summed E-state index contributed by atoms with van der Waals surface area (Å²) in [5.74, 6) is 0.908. The van der Waals surface area contributed by atoms with Crippen molar-refractivity contribution in [3.63, 3.8) is 0 Å². The molecule has 4 nitrogen and oxygen atoms in total. The van der Waals surface area contributed by atoms with Gasteiger partial charge < -0.3 is 9.84 Å². The summed E-state index contributed by atoms with van der Waals surface area (Å²) in [4.78, 5) is 0. The molecule has 2 aliphatic carbocycles. The Hall–Kier alpha value is -1.81. The molecule has 0 bridgehead atoms. The van der Waals surface area contributed by atoms with Crippen LogP contribution in [0.4, 0.5) is 0 Å². The molecule has 1 heterocycles. The number of allylic oxidation sites excluding steroid dienone is 3. The lowest BCUT2D eigenvalue weighted by Crippen LogP contribution is -2.30. The van der Waals surface area contributed by atoms with Gasteiger partial charge in [-0.15, -0.1) is 0 Å². The second-order valence-electron chi connectivity index (χ2n) is 4.71. The van der Waals surface area contributed by atoms with E-state index in [1.165, 1.54) is 16.4 Å². The topological polar surface area (TPSA) is 47.3 Å². The molecular formula is C14H16N2O2. The lowest BCUT2D eigenvalue weighted by atomic mass is 9.99. The second-order valence-corrected chi connectivity index (χ2v) is 4.71. The zero-order valence-electron chi connectivity index (χ0n) is 10.6. The Morgan fingerprint density at radius 2 is 2.33 bits per heavy atom. The van der Waals surface area contributed by atoms with Crippen LogP contribution in [0.25, 0.3) is 11.6 Å². The van der Waals surface area contributed by atoms with Gasteiger partial charge in [-0.05, 0) is 42.7 Å². The molecule has 0 aliphatic heterocycles. The van der Waals surface area contributed by atoms with E-state index in [2.05, 4.69) is 17.3 Å². The molecule has 3 rings (SSSR count). The molecule has 1 aromatic heterocycles. The lowest BCUT2D eigenvalue weighted by Gasteiger charge is -2.11. The van der Waals surface area contributed by atoms with Gasteiger partial charge in [0.1, 0.15) is 5.76 Å². The van der Waals surface area contributed by atoms with Gasteiger partial charge in [-0.3, -0.25) is 4.68 Å². The summed E-state index contributed by atoms with van der Waals surface area (Å²) in [5.41, 5.74) is 2.49. The maximum atomic E-state index is 9.47. The monoisotopic (exact) mass is 244 g/mol. The van der Waals surface area contributed by atoms with Gasteiger partial charge in [0.25, 0.3) is 0 Å². The fraction of sp³-hybridized carbons (Fsp3) is 0.357. The first-order chi connectivity index (χ1) is 8.69. The van der Waals surface area contributed by atoms with Gasteiger partial charge in [0.2, 0.25) is 0 Å². The molecule has 0 aromatic carbocycles. The molecule has 2 aliphatic rings. The first-order valence-corrected chi connectivity index (χ1v) is 6.10. The molecule has 1 N–H and O–H groups in total. The molecule has 94 valence electrons. The van der Waals surface area contributed by atoms with Gasteiger partial charge in [0.15, 0.2) is 0 Å². The van der Waals surface area contributed by atoms with Crippen LogP contribution in [0.2, 0.25) is 0 Å². The van der Waals surface area contributed by atoms with Crippen molar-refractivity contribution >= 4 is 11.6 Å². The number of methoxy groups -OCH3 is 1. The third-order valence-corrected chi connectivity index (χ3v) is 3.32. The van der Waals surface area contributed by atoms with E-state index in [0.717, 1.165) is 17.5 Å². The summed E-state index contributed by atoms with van der Waals surface area (Å²) in [7, 11) is 1.69. The van der Waals surface area contributed by atoms with E-state index in [9.17, 15) is 5.11 Å². The summed E-state index contributed by atoms with van der Waals surface area (Å²) < 4.78 is 7.12. The SMILES string of the molecule is COC1=CCC2=c3cnn(C[C@H](C)O)c3=CC2=C1. The smallest absolute Gasteiger partial charge is 0.115 e. The van der Waals surface area contributed by atoms with Crippen LogP contribution in [0.1, 0.15) is 13.3 Å². The largest absolute Gasteiger partial charge is 0.497 e. The number of aromatic nitrogens is 2. The Morgan fingerprint density at radius 1 is 1.50 bits per heavy atom. The van der Waals surface area contributed by atoms with Gasteiger partial charge >= 0.3 is 0 Å². The first kappa shape index (κ1) is 11.3. The standard InChI is InChI=1S/C14H16N2O2/c1-9(17)8-16-14-6-10-5-11(18-2)3-4-12(10)13(14)7-15-16/h3,5-7,9,17H,4,8H2,1-2H3/t9-/m0/s1. The molecule has 18 heavy (non-hydrogen) atoms. The molecule has 0 saturated heterocycles. The predicted octanol–water partition coefficient (Wildman–Crippen LogP) is 0.0691. The van der Waals surface area contributed by atoms with Crippen LogP contribution in [0.15, 0.2) is 29.7 Å². The molecule has 4 heteroatoms. The van der Waals surface area contributed by atoms with Crippen LogP contribution in [0.3, 0.4) is 0 Å². The summed E-state index contributed by atoms with van der Waals surface area (Å²) in [6.45, 7) is 2.30. The van der Waals surface area contributed by atoms with Gasteiger partial charge in [-0.1, -0.05) is 0 Å². The highest BCUT2D eigenvalue weighted by atomic mass is 16.5. The van der Waals surface area contributed by atoms with Crippen LogP contribution in [-0.2, 0) is 11.3 Å². The minimum absolute atomic E-state index is 0.392. The second kappa shape index (κ2) is 4.14. The van der Waals surface area contributed by atoms with Crippen molar-refractivity contribution in [2.75, 3.05) is 7.11 Å². The van der Waals surface area contributed by atoms with Crippen LogP contribution >= 0.6 is 0 Å². The third-order valence-electron chi connectivity index (χ3n) is 3.32. The average molecular weight is 244 g/mol. The van der Waals surface area contributed by atoms with E-state index in [1.54, 1.807) is 14.0 Å². The predicted molar refractivity (Wildman–Crippen MR) is 68.8 cm³/mol. The number of ether oxygens (including phenoxy) is 1. The van der Waals surface area contributed by atoms with E-state index >= 15 is 0 Å². The minimum Gasteiger partial charge on any atom is -0.497 e. The molecule has 0 amide bonds. The van der Waals surface area contributed by atoms with E-state index in [-0.39, 0.29) is 0 Å². The zero-order valence-corrected chi connectivity index (χ0v) is 10.6. The molecule has 0 radical (unpaired) electrons. The van der Waals surface area contributed by atoms with Crippen molar-refractivity contribution < 1.29 is 9.84 Å². The number of hydrogen-bond donors (Lipinski definition) is 1. The van der Waals surface area contributed by atoms with Gasteiger partial charge in [-0.25, -0.2) is 0 Å². The van der Waals surface area contributed by atoms with Crippen LogP contribution in [-0.4, -0.2) is 28.1 Å². The van der Waals surface area contributed by atoms with Crippen molar-refractivity contribution in [1.82, 2.24) is 9.78 Å². The molecule has 1 atom stereocenters. The summed E-state index contributed by atoms with van der Waals surface area (Å²) >= 11 is 0. The molecule has 0 saturated carbocycles. The Morgan fingerprint density at radius 3 is 3.06 bits per heavy atom. The molecule has 1 aromatic rings. The van der Waals surface area contributed by atoms with Crippen molar-refractivity contribution in [2.45, 2.75) is 26.0 Å². The Balaban J connectivity index is 2.09. The van der Waals surface area contributed by atoms with Crippen LogP contribution in [0, 0.1) is 0 Å². The lowest BCUT2D eigenvalue weighted by molar-refractivity contribution is 0.167. The van der Waals surface area contributed by atoms with Gasteiger partial charge in [-0.2, -0.15) is 5.10 Å². The van der Waals surface area contributed by atoms with Gasteiger partial charge in [0, 0.05) is 5.22 Å². The fourth-order valence-electron chi connectivity index (χ4n) is 2.48. The van der Waals surface area contributed by atoms with E-state index in [1.807, 2.05) is 17.0 Å². The van der Waals surface area contributed by atoms with Crippen molar-refractivity contribution in [1.29, 1.82) is 0 Å². The Bertz CT molecular complexity index is 662. The normalized spacial score (nSPS) is 18.5. The number of hydrogen-bond acceptors (Lipinski definition) is 3. The quantitative estimate of drug-likeness (QED) is 0.818. The van der Waals surface area contributed by atoms with Crippen molar-refractivity contribution in [3.05, 3.63) is 40.2 Å². The van der Waals surface area contributed by atoms with E-state index in [0.29, 0.717) is 6.54 Å². The number of nitrogens with zero attached hydrogens (tertiary/aromatic N) is 2. The summed E-state index contributed by atoms with van der Waals surface area (Å²) in [5, 5.41) is 16.1. The highest BCUT2D eigenvalue weighted by Crippen LogP contribution is 2.26. The highest BCUT2D eigenvalue weighted by Gasteiger charge is 2.18. The van der Waals surface area contributed by atoms with E-state index in [4.69, 9.17) is 4.74 Å². The van der Waals surface area contributed by atoms with Crippen molar-refractivity contribution in [3.8, 4) is 0 Å². The van der Waals surface area contributed by atoms with Gasteiger partial charge in [0.05, 0.1) is 31.3 Å². The molecule has 0 unspecified atom stereocenters. The highest BCUT2D eigenvalue weighted by molar-refractivity contribution is 5.83. The maximum absolute atomic E-state index is 9.47. The fourth-order valence-corrected chi connectivity index (χ4v) is 2.48. The van der Waals surface area contributed by atoms with E-state index < -0.39 is 6.10 Å². The summed E-state index contributed by atoms with van der Waals surface area (Å²) in [6, 6.07) is 0. The molecule has 0 spiro atoms. The van der Waals surface area contributed by atoms with Crippen molar-refractivity contribution in [2.24, 2.45) is 0 Å². The maximum Gasteiger partial charge on any atom is 0.115 e. The van der Waals surface area contributed by atoms with Crippen LogP contribution < -0.4 is 10.6 Å². The molecule has 0 fully saturated rings. The third kappa shape index (κ3) is 1.69. The summed E-state index contributed by atoms with van der Waals surface area (Å²) in [6.07, 6.45) is 8.61. The minimum atomic E-state index is -0.392. The number of rotatable bonds is 3. The number of aliphatic hydroxyl groups excluding tert-OH is 1. The number of aliphatic hydroxyl groups is 1. The Kier molecular flexibility index (Phi) is 2.59. The van der Waals surface area contributed by atoms with Crippen LogP contribution in [0.5, 0.6) is 0 Å². The average Bonchev–Trinajstić information content (AvgIpc) is 2.88. The molecular weight excluding hydrogens is 228 g/mol. The Labute approximate surface area is 105 Å². The zero-order chi connectivity index (χ0) is 12.7. The first-order valence-electron chi connectivity index (χ1n) is 6.10.